The van der Waals surface area contributed by atoms with E-state index in [4.69, 9.17) is 5.73 Å². The molecule has 2 rings (SSSR count). The number of hydrogen-bond donors (Lipinski definition) is 1. The van der Waals surface area contributed by atoms with Crippen LogP contribution in [0.1, 0.15) is 16.5 Å². The van der Waals surface area contributed by atoms with Crippen molar-refractivity contribution in [1.82, 2.24) is 0 Å². The van der Waals surface area contributed by atoms with Gasteiger partial charge in [-0.3, -0.25) is 0 Å². The predicted molar refractivity (Wildman–Crippen MR) is 76.7 cm³/mol. The summed E-state index contributed by atoms with van der Waals surface area (Å²) in [7, 11) is 0. The van der Waals surface area contributed by atoms with Crippen LogP contribution in [-0.4, -0.2) is 0 Å². The summed E-state index contributed by atoms with van der Waals surface area (Å²) in [6.45, 7) is 0. The molecule has 0 saturated carbocycles. The number of thiophene rings is 1. The van der Waals surface area contributed by atoms with Gasteiger partial charge in [0.2, 0.25) is 0 Å². The van der Waals surface area contributed by atoms with Crippen LogP contribution in [0.3, 0.4) is 0 Å². The van der Waals surface area contributed by atoms with Gasteiger partial charge in [-0.25, -0.2) is 8.78 Å². The molecule has 0 aliphatic rings. The molecule has 96 valence electrons. The molecule has 1 atom stereocenters. The zero-order chi connectivity index (χ0) is 13.3. The Bertz CT molecular complexity index is 531. The molecule has 0 amide bonds. The van der Waals surface area contributed by atoms with Crippen LogP contribution < -0.4 is 5.73 Å². The molecule has 1 aromatic carbocycles. The third-order valence-corrected chi connectivity index (χ3v) is 5.80. The van der Waals surface area contributed by atoms with Gasteiger partial charge in [-0.05, 0) is 62.0 Å². The van der Waals surface area contributed by atoms with Gasteiger partial charge < -0.3 is 5.73 Å². The van der Waals surface area contributed by atoms with Gasteiger partial charge in [0.1, 0.15) is 11.6 Å². The highest BCUT2D eigenvalue weighted by molar-refractivity contribution is 9.13. The second-order valence-corrected chi connectivity index (χ2v) is 7.11. The first-order valence-electron chi connectivity index (χ1n) is 5.11. The molecule has 0 aliphatic carbocycles. The molecule has 1 aromatic heterocycles. The first kappa shape index (κ1) is 14.1. The van der Waals surface area contributed by atoms with Gasteiger partial charge in [-0.2, -0.15) is 0 Å². The first-order valence-corrected chi connectivity index (χ1v) is 7.51. The molecule has 0 aliphatic heterocycles. The minimum Gasteiger partial charge on any atom is -0.323 e. The number of rotatable bonds is 3. The lowest BCUT2D eigenvalue weighted by atomic mass is 10.1. The van der Waals surface area contributed by atoms with Gasteiger partial charge in [0, 0.05) is 21.5 Å². The zero-order valence-electron chi connectivity index (χ0n) is 9.09. The number of halogens is 4. The highest BCUT2D eigenvalue weighted by Gasteiger charge is 2.13. The van der Waals surface area contributed by atoms with Gasteiger partial charge in [0.15, 0.2) is 0 Å². The van der Waals surface area contributed by atoms with Crippen molar-refractivity contribution in [3.63, 3.8) is 0 Å². The normalized spacial score (nSPS) is 12.7. The number of hydrogen-bond acceptors (Lipinski definition) is 2. The lowest BCUT2D eigenvalue weighted by Crippen LogP contribution is -2.12. The second-order valence-electron chi connectivity index (χ2n) is 3.86. The highest BCUT2D eigenvalue weighted by Crippen LogP contribution is 2.35. The molecule has 1 unspecified atom stereocenters. The fraction of sp³-hybridized carbons (Fsp3) is 0.167. The van der Waals surface area contributed by atoms with Crippen molar-refractivity contribution >= 4 is 43.2 Å². The van der Waals surface area contributed by atoms with Gasteiger partial charge in [-0.1, -0.05) is 0 Å². The van der Waals surface area contributed by atoms with Gasteiger partial charge in [0.05, 0.1) is 3.79 Å². The summed E-state index contributed by atoms with van der Waals surface area (Å²) in [5.41, 5.74) is 6.59. The van der Waals surface area contributed by atoms with Crippen molar-refractivity contribution in [3.8, 4) is 0 Å². The van der Waals surface area contributed by atoms with Crippen LogP contribution in [0.4, 0.5) is 8.78 Å². The van der Waals surface area contributed by atoms with Crippen molar-refractivity contribution < 1.29 is 8.78 Å². The predicted octanol–water partition coefficient (Wildman–Crippen LogP) is 4.79. The third-order valence-electron chi connectivity index (χ3n) is 2.41. The van der Waals surface area contributed by atoms with E-state index in [1.807, 2.05) is 6.07 Å². The maximum absolute atomic E-state index is 13.1. The molecule has 1 nitrogen and oxygen atoms in total. The van der Waals surface area contributed by atoms with Crippen molar-refractivity contribution in [2.24, 2.45) is 5.73 Å². The lowest BCUT2D eigenvalue weighted by Gasteiger charge is -2.09. The van der Waals surface area contributed by atoms with E-state index < -0.39 is 11.6 Å². The summed E-state index contributed by atoms with van der Waals surface area (Å²) >= 11 is 8.28. The van der Waals surface area contributed by atoms with E-state index in [9.17, 15) is 8.78 Å². The average Bonchev–Trinajstić information content (AvgIpc) is 2.57. The monoisotopic (exact) mass is 395 g/mol. The molecule has 18 heavy (non-hydrogen) atoms. The molecule has 0 bridgehead atoms. The van der Waals surface area contributed by atoms with Crippen LogP contribution in [0.15, 0.2) is 32.5 Å². The minimum atomic E-state index is -0.578. The standard InChI is InChI=1S/C12H9Br2F2NS/c13-9-5-11(18-12(9)14)10(17)3-6-1-7(15)4-8(16)2-6/h1-2,4-5,10H,3,17H2. The molecule has 1 heterocycles. The Morgan fingerprint density at radius 3 is 2.22 bits per heavy atom. The van der Waals surface area contributed by atoms with Crippen molar-refractivity contribution in [2.45, 2.75) is 12.5 Å². The first-order chi connectivity index (χ1) is 8.45. The Labute approximate surface area is 124 Å². The van der Waals surface area contributed by atoms with Crippen molar-refractivity contribution in [2.75, 3.05) is 0 Å². The minimum absolute atomic E-state index is 0.279. The van der Waals surface area contributed by atoms with E-state index in [2.05, 4.69) is 31.9 Å². The van der Waals surface area contributed by atoms with E-state index in [1.54, 1.807) is 0 Å². The van der Waals surface area contributed by atoms with Crippen molar-refractivity contribution in [1.29, 1.82) is 0 Å². The molecular weight excluding hydrogens is 388 g/mol. The topological polar surface area (TPSA) is 26.0 Å². The second kappa shape index (κ2) is 5.77. The maximum Gasteiger partial charge on any atom is 0.126 e. The quantitative estimate of drug-likeness (QED) is 0.792. The Kier molecular flexibility index (Phi) is 4.53. The summed E-state index contributed by atoms with van der Waals surface area (Å²) in [5, 5.41) is 0. The highest BCUT2D eigenvalue weighted by atomic mass is 79.9. The molecule has 2 aromatic rings. The summed E-state index contributed by atoms with van der Waals surface area (Å²) in [6.07, 6.45) is 0.397. The molecule has 0 saturated heterocycles. The maximum atomic E-state index is 13.1. The molecule has 0 radical (unpaired) electrons. The fourth-order valence-corrected chi connectivity index (χ4v) is 3.72. The van der Waals surface area contributed by atoms with E-state index in [0.29, 0.717) is 12.0 Å². The van der Waals surface area contributed by atoms with Crippen LogP contribution in [0.2, 0.25) is 0 Å². The van der Waals surface area contributed by atoms with Crippen LogP contribution >= 0.6 is 43.2 Å². The number of benzene rings is 1. The summed E-state index contributed by atoms with van der Waals surface area (Å²) in [4.78, 5) is 0.957. The molecule has 6 heteroatoms. The number of nitrogens with two attached hydrogens (primary N) is 1. The summed E-state index contributed by atoms with van der Waals surface area (Å²) < 4.78 is 28.0. The van der Waals surface area contributed by atoms with Crippen LogP contribution in [0.25, 0.3) is 0 Å². The Hall–Kier alpha value is -0.300. The Morgan fingerprint density at radius 2 is 1.72 bits per heavy atom. The molecule has 0 fully saturated rings. The van der Waals surface area contributed by atoms with Gasteiger partial charge in [-0.15, -0.1) is 11.3 Å². The molecular formula is C12H9Br2F2NS. The SMILES string of the molecule is NC(Cc1cc(F)cc(F)c1)c1cc(Br)c(Br)s1. The van der Waals surface area contributed by atoms with Crippen LogP contribution in [0, 0.1) is 11.6 Å². The van der Waals surface area contributed by atoms with E-state index in [-0.39, 0.29) is 6.04 Å². The van der Waals surface area contributed by atoms with Crippen LogP contribution in [0.5, 0.6) is 0 Å². The molecule has 0 spiro atoms. The van der Waals surface area contributed by atoms with E-state index >= 15 is 0 Å². The third kappa shape index (κ3) is 3.38. The van der Waals surface area contributed by atoms with E-state index in [0.717, 1.165) is 19.2 Å². The van der Waals surface area contributed by atoms with Gasteiger partial charge in [0.25, 0.3) is 0 Å². The van der Waals surface area contributed by atoms with Crippen molar-refractivity contribution in [3.05, 3.63) is 54.6 Å². The average molecular weight is 397 g/mol. The van der Waals surface area contributed by atoms with Crippen LogP contribution in [-0.2, 0) is 6.42 Å². The summed E-state index contributed by atoms with van der Waals surface area (Å²) in [6, 6.07) is 5.10. The Morgan fingerprint density at radius 1 is 1.11 bits per heavy atom. The zero-order valence-corrected chi connectivity index (χ0v) is 13.1. The fourth-order valence-electron chi connectivity index (χ4n) is 1.63. The van der Waals surface area contributed by atoms with Gasteiger partial charge >= 0.3 is 0 Å². The largest absolute Gasteiger partial charge is 0.323 e. The molecule has 2 N–H and O–H groups in total. The Balaban J connectivity index is 2.18. The lowest BCUT2D eigenvalue weighted by molar-refractivity contribution is 0.577. The summed E-state index contributed by atoms with van der Waals surface area (Å²) in [5.74, 6) is -1.16. The smallest absolute Gasteiger partial charge is 0.126 e. The van der Waals surface area contributed by atoms with E-state index in [1.165, 1.54) is 23.5 Å².